The zero-order valence-electron chi connectivity index (χ0n) is 7.71. The van der Waals surface area contributed by atoms with Gasteiger partial charge in [0.15, 0.2) is 0 Å². The summed E-state index contributed by atoms with van der Waals surface area (Å²) >= 11 is 0. The molecule has 2 N–H and O–H groups in total. The average Bonchev–Trinajstić information content (AvgIpc) is 2.50. The number of terminal acetylenes is 1. The highest BCUT2D eigenvalue weighted by Gasteiger charge is 2.36. The molecule has 0 radical (unpaired) electrons. The molecule has 0 bridgehead atoms. The Morgan fingerprint density at radius 2 is 2.54 bits per heavy atom. The van der Waals surface area contributed by atoms with E-state index >= 15 is 0 Å². The molecule has 0 aromatic carbocycles. The standard InChI is InChI=1S/C9H14N2O2/c1-3-9(13)5-6-11(7-9)8(12)10-4-2/h1,13H,4-7H2,2H3,(H,10,12). The first-order chi connectivity index (χ1) is 6.11. The van der Waals surface area contributed by atoms with E-state index in [1.54, 1.807) is 0 Å². The Hall–Kier alpha value is -1.21. The van der Waals surface area contributed by atoms with Gasteiger partial charge in [-0.3, -0.25) is 0 Å². The Morgan fingerprint density at radius 3 is 3.00 bits per heavy atom. The molecule has 0 aliphatic carbocycles. The predicted octanol–water partition coefficient (Wildman–Crippen LogP) is -0.214. The number of rotatable bonds is 1. The summed E-state index contributed by atoms with van der Waals surface area (Å²) in [4.78, 5) is 12.8. The van der Waals surface area contributed by atoms with Crippen LogP contribution in [0.1, 0.15) is 13.3 Å². The van der Waals surface area contributed by atoms with E-state index < -0.39 is 5.60 Å². The van der Waals surface area contributed by atoms with Gasteiger partial charge in [0, 0.05) is 19.5 Å². The zero-order valence-corrected chi connectivity index (χ0v) is 7.71. The fraction of sp³-hybridized carbons (Fsp3) is 0.667. The molecule has 0 aromatic heterocycles. The molecule has 4 heteroatoms. The van der Waals surface area contributed by atoms with Gasteiger partial charge in [-0.2, -0.15) is 0 Å². The van der Waals surface area contributed by atoms with Crippen molar-refractivity contribution >= 4 is 6.03 Å². The lowest BCUT2D eigenvalue weighted by Gasteiger charge is -2.18. The summed E-state index contributed by atoms with van der Waals surface area (Å²) in [7, 11) is 0. The van der Waals surface area contributed by atoms with Gasteiger partial charge >= 0.3 is 6.03 Å². The molecule has 1 fully saturated rings. The first kappa shape index (κ1) is 9.87. The normalized spacial score (nSPS) is 27.0. The number of carbonyl (C=O) groups excluding carboxylic acids is 1. The van der Waals surface area contributed by atoms with Crippen molar-refractivity contribution in [3.63, 3.8) is 0 Å². The molecule has 1 heterocycles. The summed E-state index contributed by atoms with van der Waals surface area (Å²) < 4.78 is 0. The number of carbonyl (C=O) groups is 1. The van der Waals surface area contributed by atoms with Crippen molar-refractivity contribution in [3.8, 4) is 12.3 Å². The molecule has 1 aliphatic rings. The Morgan fingerprint density at radius 1 is 1.85 bits per heavy atom. The third kappa shape index (κ3) is 2.13. The van der Waals surface area contributed by atoms with E-state index in [0.717, 1.165) is 0 Å². The third-order valence-corrected chi connectivity index (χ3v) is 2.13. The van der Waals surface area contributed by atoms with Crippen LogP contribution in [0, 0.1) is 12.3 Å². The largest absolute Gasteiger partial charge is 0.376 e. The highest BCUT2D eigenvalue weighted by Crippen LogP contribution is 2.19. The molecule has 1 unspecified atom stereocenters. The number of urea groups is 1. The molecule has 0 saturated carbocycles. The maximum Gasteiger partial charge on any atom is 0.317 e. The minimum atomic E-state index is -1.12. The number of hydrogen-bond acceptors (Lipinski definition) is 2. The molecule has 1 atom stereocenters. The first-order valence-electron chi connectivity index (χ1n) is 4.34. The summed E-state index contributed by atoms with van der Waals surface area (Å²) in [5.41, 5.74) is -1.12. The van der Waals surface area contributed by atoms with Crippen LogP contribution in [-0.2, 0) is 0 Å². The topological polar surface area (TPSA) is 52.6 Å². The molecule has 13 heavy (non-hydrogen) atoms. The summed E-state index contributed by atoms with van der Waals surface area (Å²) in [5, 5.41) is 12.3. The van der Waals surface area contributed by atoms with Crippen LogP contribution in [0.5, 0.6) is 0 Å². The Kier molecular flexibility index (Phi) is 2.79. The fourth-order valence-corrected chi connectivity index (χ4v) is 1.35. The Balaban J connectivity index is 2.51. The van der Waals surface area contributed by atoms with Crippen LogP contribution < -0.4 is 5.32 Å². The number of β-amino-alcohol motifs (C(OH)–C–C–N with tert-alkyl or cyclic N) is 1. The van der Waals surface area contributed by atoms with Gasteiger partial charge in [0.2, 0.25) is 0 Å². The number of nitrogens with zero attached hydrogens (tertiary/aromatic N) is 1. The second kappa shape index (κ2) is 3.67. The molecule has 1 aliphatic heterocycles. The van der Waals surface area contributed by atoms with Crippen LogP contribution in [0.15, 0.2) is 0 Å². The summed E-state index contributed by atoms with van der Waals surface area (Å²) in [6.07, 6.45) is 5.60. The maximum atomic E-state index is 11.3. The van der Waals surface area contributed by atoms with Gasteiger partial charge in [-0.15, -0.1) is 6.42 Å². The van der Waals surface area contributed by atoms with Crippen LogP contribution in [0.4, 0.5) is 4.79 Å². The molecule has 2 amide bonds. The molecule has 1 saturated heterocycles. The van der Waals surface area contributed by atoms with E-state index in [4.69, 9.17) is 6.42 Å². The highest BCUT2D eigenvalue weighted by atomic mass is 16.3. The summed E-state index contributed by atoms with van der Waals surface area (Å²) in [6.45, 7) is 3.19. The molecule has 4 nitrogen and oxygen atoms in total. The van der Waals surface area contributed by atoms with Gasteiger partial charge in [-0.25, -0.2) is 4.79 Å². The number of hydrogen-bond donors (Lipinski definition) is 2. The third-order valence-electron chi connectivity index (χ3n) is 2.13. The second-order valence-corrected chi connectivity index (χ2v) is 3.18. The van der Waals surface area contributed by atoms with Gasteiger partial charge in [0.05, 0.1) is 6.54 Å². The van der Waals surface area contributed by atoms with E-state index in [1.165, 1.54) is 4.90 Å². The quantitative estimate of drug-likeness (QED) is 0.551. The lowest BCUT2D eigenvalue weighted by molar-refractivity contribution is 0.111. The van der Waals surface area contributed by atoms with E-state index in [2.05, 4.69) is 11.2 Å². The number of likely N-dealkylation sites (tertiary alicyclic amines) is 1. The lowest BCUT2D eigenvalue weighted by atomic mass is 10.1. The van der Waals surface area contributed by atoms with Crippen molar-refractivity contribution in [3.05, 3.63) is 0 Å². The van der Waals surface area contributed by atoms with E-state index in [-0.39, 0.29) is 12.6 Å². The van der Waals surface area contributed by atoms with Crippen molar-refractivity contribution < 1.29 is 9.90 Å². The van der Waals surface area contributed by atoms with Crippen molar-refractivity contribution in [2.45, 2.75) is 18.9 Å². The van der Waals surface area contributed by atoms with Gasteiger partial charge in [0.25, 0.3) is 0 Å². The smallest absolute Gasteiger partial charge is 0.317 e. The van der Waals surface area contributed by atoms with Crippen molar-refractivity contribution in [1.82, 2.24) is 10.2 Å². The predicted molar refractivity (Wildman–Crippen MR) is 49.0 cm³/mol. The maximum absolute atomic E-state index is 11.3. The van der Waals surface area contributed by atoms with Gasteiger partial charge in [0.1, 0.15) is 5.60 Å². The van der Waals surface area contributed by atoms with Crippen molar-refractivity contribution in [2.24, 2.45) is 0 Å². The first-order valence-corrected chi connectivity index (χ1v) is 4.34. The summed E-state index contributed by atoms with van der Waals surface area (Å²) in [5.74, 6) is 2.30. The van der Waals surface area contributed by atoms with Crippen molar-refractivity contribution in [1.29, 1.82) is 0 Å². The van der Waals surface area contributed by atoms with Crippen molar-refractivity contribution in [2.75, 3.05) is 19.6 Å². The molecule has 0 aromatic rings. The minimum absolute atomic E-state index is 0.159. The molecular formula is C9H14N2O2. The lowest BCUT2D eigenvalue weighted by Crippen LogP contribution is -2.41. The number of aliphatic hydroxyl groups is 1. The fourth-order valence-electron chi connectivity index (χ4n) is 1.35. The van der Waals surface area contributed by atoms with Crippen LogP contribution >= 0.6 is 0 Å². The summed E-state index contributed by atoms with van der Waals surface area (Å²) in [6, 6.07) is -0.159. The van der Waals surface area contributed by atoms with Crippen LogP contribution in [0.2, 0.25) is 0 Å². The van der Waals surface area contributed by atoms with Crippen LogP contribution in [0.25, 0.3) is 0 Å². The molecule has 72 valence electrons. The number of nitrogens with one attached hydrogen (secondary N) is 1. The van der Waals surface area contributed by atoms with Crippen LogP contribution in [-0.4, -0.2) is 41.3 Å². The zero-order chi connectivity index (χ0) is 9.90. The monoisotopic (exact) mass is 182 g/mol. The van der Waals surface area contributed by atoms with Gasteiger partial charge in [-0.1, -0.05) is 5.92 Å². The Labute approximate surface area is 77.9 Å². The van der Waals surface area contributed by atoms with E-state index in [0.29, 0.717) is 19.5 Å². The minimum Gasteiger partial charge on any atom is -0.376 e. The van der Waals surface area contributed by atoms with E-state index in [9.17, 15) is 9.90 Å². The molecular weight excluding hydrogens is 168 g/mol. The van der Waals surface area contributed by atoms with Gasteiger partial charge < -0.3 is 15.3 Å². The van der Waals surface area contributed by atoms with Crippen LogP contribution in [0.3, 0.4) is 0 Å². The average molecular weight is 182 g/mol. The Bertz CT molecular complexity index is 246. The number of amides is 2. The SMILES string of the molecule is C#CC1(O)CCN(C(=O)NCC)C1. The molecule has 0 spiro atoms. The second-order valence-electron chi connectivity index (χ2n) is 3.18. The van der Waals surface area contributed by atoms with Gasteiger partial charge in [-0.05, 0) is 6.92 Å². The molecule has 1 rings (SSSR count). The highest BCUT2D eigenvalue weighted by molar-refractivity contribution is 5.74. The van der Waals surface area contributed by atoms with E-state index in [1.807, 2.05) is 6.92 Å².